The van der Waals surface area contributed by atoms with Crippen molar-refractivity contribution in [3.8, 4) is 0 Å². The Kier molecular flexibility index (Phi) is 11.0. The quantitative estimate of drug-likeness (QED) is 0.288. The third kappa shape index (κ3) is 10.6. The largest absolute Gasteiger partial charge is 0.368 e. The summed E-state index contributed by atoms with van der Waals surface area (Å²) in [5.41, 5.74) is 0.895. The van der Waals surface area contributed by atoms with Gasteiger partial charge in [0.25, 0.3) is 10.1 Å². The van der Waals surface area contributed by atoms with E-state index >= 15 is 0 Å². The molecule has 1 aromatic carbocycles. The van der Waals surface area contributed by atoms with Gasteiger partial charge >= 0.3 is 0 Å². The Labute approximate surface area is 152 Å². The highest BCUT2D eigenvalue weighted by atomic mass is 32.2. The molecule has 0 aliphatic rings. The molecule has 0 amide bonds. The lowest BCUT2D eigenvalue weighted by Gasteiger charge is -2.12. The van der Waals surface area contributed by atoms with Gasteiger partial charge in [-0.3, -0.25) is 4.55 Å². The zero-order valence-corrected chi connectivity index (χ0v) is 16.0. The van der Waals surface area contributed by atoms with Gasteiger partial charge < -0.3 is 9.84 Å². The average molecular weight is 373 g/mol. The molecule has 0 heterocycles. The average Bonchev–Trinajstić information content (AvgIpc) is 2.57. The smallest absolute Gasteiger partial charge is 0.294 e. The van der Waals surface area contributed by atoms with Gasteiger partial charge in [-0.05, 0) is 37.0 Å². The van der Waals surface area contributed by atoms with Crippen molar-refractivity contribution in [1.82, 2.24) is 0 Å². The second-order valence-corrected chi connectivity index (χ2v) is 7.88. The van der Waals surface area contributed by atoms with E-state index in [0.29, 0.717) is 19.4 Å². The molecule has 1 unspecified atom stereocenters. The Hall–Kier alpha value is -0.950. The van der Waals surface area contributed by atoms with Crippen molar-refractivity contribution in [2.24, 2.45) is 0 Å². The minimum Gasteiger partial charge on any atom is -0.368 e. The SMILES string of the molecule is CCCCCCCCCCC(O)OCCc1ccc(S(=O)(=O)O)cc1. The van der Waals surface area contributed by atoms with Gasteiger partial charge in [0.1, 0.15) is 0 Å². The lowest BCUT2D eigenvalue weighted by molar-refractivity contribution is -0.103. The van der Waals surface area contributed by atoms with Crippen molar-refractivity contribution in [1.29, 1.82) is 0 Å². The molecule has 5 nitrogen and oxygen atoms in total. The molecule has 1 atom stereocenters. The Morgan fingerprint density at radius 1 is 0.960 bits per heavy atom. The van der Waals surface area contributed by atoms with Crippen LogP contribution >= 0.6 is 0 Å². The lowest BCUT2D eigenvalue weighted by Crippen LogP contribution is -2.13. The van der Waals surface area contributed by atoms with E-state index in [-0.39, 0.29) is 4.90 Å². The van der Waals surface area contributed by atoms with Crippen LogP contribution in [0, 0.1) is 0 Å². The summed E-state index contributed by atoms with van der Waals surface area (Å²) in [5, 5.41) is 9.82. The van der Waals surface area contributed by atoms with Crippen LogP contribution < -0.4 is 0 Å². The number of aliphatic hydroxyl groups excluding tert-OH is 1. The van der Waals surface area contributed by atoms with Gasteiger partial charge in [0.2, 0.25) is 0 Å². The molecular weight excluding hydrogens is 340 g/mol. The van der Waals surface area contributed by atoms with Crippen LogP contribution in [-0.4, -0.2) is 31.0 Å². The third-order valence-electron chi connectivity index (χ3n) is 4.23. The molecule has 2 N–H and O–H groups in total. The van der Waals surface area contributed by atoms with Crippen molar-refractivity contribution < 1.29 is 22.8 Å². The number of unbranched alkanes of at least 4 members (excludes halogenated alkanes) is 7. The van der Waals surface area contributed by atoms with Crippen LogP contribution in [-0.2, 0) is 21.3 Å². The van der Waals surface area contributed by atoms with Crippen molar-refractivity contribution in [2.45, 2.75) is 82.3 Å². The van der Waals surface area contributed by atoms with Crippen LogP contribution in [0.3, 0.4) is 0 Å². The van der Waals surface area contributed by atoms with Crippen LogP contribution in [0.15, 0.2) is 29.2 Å². The van der Waals surface area contributed by atoms with E-state index in [1.165, 1.54) is 50.7 Å². The standard InChI is InChI=1S/C19H32O5S/c1-2-3-4-5-6-7-8-9-10-19(20)24-16-15-17-11-13-18(14-12-17)25(21,22)23/h11-14,19-20H,2-10,15-16H2,1H3,(H,21,22,23). The summed E-state index contributed by atoms with van der Waals surface area (Å²) in [4.78, 5) is -0.119. The second kappa shape index (κ2) is 12.4. The van der Waals surface area contributed by atoms with Crippen LogP contribution in [0.25, 0.3) is 0 Å². The van der Waals surface area contributed by atoms with Gasteiger partial charge in [-0.1, -0.05) is 64.0 Å². The van der Waals surface area contributed by atoms with E-state index in [2.05, 4.69) is 6.92 Å². The Morgan fingerprint density at radius 3 is 2.08 bits per heavy atom. The number of hydrogen-bond acceptors (Lipinski definition) is 4. The zero-order valence-electron chi connectivity index (χ0n) is 15.2. The lowest BCUT2D eigenvalue weighted by atomic mass is 10.1. The van der Waals surface area contributed by atoms with Crippen molar-refractivity contribution in [2.75, 3.05) is 6.61 Å². The van der Waals surface area contributed by atoms with Crippen LogP contribution in [0.2, 0.25) is 0 Å². The highest BCUT2D eigenvalue weighted by molar-refractivity contribution is 7.85. The fourth-order valence-corrected chi connectivity index (χ4v) is 3.16. The van der Waals surface area contributed by atoms with Crippen LogP contribution in [0.4, 0.5) is 0 Å². The second-order valence-electron chi connectivity index (χ2n) is 6.46. The molecule has 0 fully saturated rings. The summed E-state index contributed by atoms with van der Waals surface area (Å²) in [6.07, 6.45) is 10.3. The molecule has 144 valence electrons. The molecule has 0 bridgehead atoms. The van der Waals surface area contributed by atoms with Gasteiger partial charge in [-0.2, -0.15) is 8.42 Å². The summed E-state index contributed by atoms with van der Waals surface area (Å²) in [6, 6.07) is 6.00. The summed E-state index contributed by atoms with van der Waals surface area (Å²) < 4.78 is 36.2. The van der Waals surface area contributed by atoms with Crippen molar-refractivity contribution in [3.05, 3.63) is 29.8 Å². The van der Waals surface area contributed by atoms with Gasteiger partial charge in [-0.15, -0.1) is 0 Å². The Balaban J connectivity index is 2.07. The predicted octanol–water partition coefficient (Wildman–Crippen LogP) is 4.34. The maximum atomic E-state index is 11.0. The molecule has 1 rings (SSSR count). The monoisotopic (exact) mass is 372 g/mol. The molecule has 1 aromatic rings. The number of ether oxygens (including phenoxy) is 1. The first-order valence-corrected chi connectivity index (χ1v) is 10.7. The summed E-state index contributed by atoms with van der Waals surface area (Å²) in [7, 11) is -4.15. The predicted molar refractivity (Wildman–Crippen MR) is 99.1 cm³/mol. The molecule has 0 saturated heterocycles. The van der Waals surface area contributed by atoms with Gasteiger partial charge in [0, 0.05) is 0 Å². The molecule has 6 heteroatoms. The molecule has 0 radical (unpaired) electrons. The normalized spacial score (nSPS) is 13.1. The molecule has 25 heavy (non-hydrogen) atoms. The molecular formula is C19H32O5S. The first kappa shape index (κ1) is 22.1. The first-order chi connectivity index (χ1) is 11.9. The number of aliphatic hydroxyl groups is 1. The molecule has 0 aromatic heterocycles. The number of benzene rings is 1. The minimum absolute atomic E-state index is 0.119. The Bertz CT molecular complexity index is 554. The van der Waals surface area contributed by atoms with Crippen molar-refractivity contribution >= 4 is 10.1 Å². The fraction of sp³-hybridized carbons (Fsp3) is 0.684. The van der Waals surface area contributed by atoms with Crippen LogP contribution in [0.1, 0.15) is 70.3 Å². The van der Waals surface area contributed by atoms with Gasteiger partial charge in [0.05, 0.1) is 11.5 Å². The van der Waals surface area contributed by atoms with Crippen molar-refractivity contribution in [3.63, 3.8) is 0 Å². The topological polar surface area (TPSA) is 83.8 Å². The van der Waals surface area contributed by atoms with E-state index in [4.69, 9.17) is 9.29 Å². The number of rotatable bonds is 14. The highest BCUT2D eigenvalue weighted by Crippen LogP contribution is 2.13. The molecule has 0 spiro atoms. The van der Waals surface area contributed by atoms with E-state index in [1.54, 1.807) is 12.1 Å². The van der Waals surface area contributed by atoms with Gasteiger partial charge in [-0.25, -0.2) is 0 Å². The Morgan fingerprint density at radius 2 is 1.52 bits per heavy atom. The molecule has 0 saturated carbocycles. The van der Waals surface area contributed by atoms with E-state index in [1.807, 2.05) is 0 Å². The van der Waals surface area contributed by atoms with E-state index in [0.717, 1.165) is 18.4 Å². The van der Waals surface area contributed by atoms with Crippen LogP contribution in [0.5, 0.6) is 0 Å². The van der Waals surface area contributed by atoms with E-state index < -0.39 is 16.4 Å². The molecule has 0 aliphatic carbocycles. The fourth-order valence-electron chi connectivity index (χ4n) is 2.68. The number of hydrogen-bond donors (Lipinski definition) is 2. The third-order valence-corrected chi connectivity index (χ3v) is 5.09. The maximum absolute atomic E-state index is 11.0. The summed E-state index contributed by atoms with van der Waals surface area (Å²) in [6.45, 7) is 2.60. The first-order valence-electron chi connectivity index (χ1n) is 9.29. The maximum Gasteiger partial charge on any atom is 0.294 e. The zero-order chi connectivity index (χ0) is 18.5. The highest BCUT2D eigenvalue weighted by Gasteiger charge is 2.09. The van der Waals surface area contributed by atoms with E-state index in [9.17, 15) is 13.5 Å². The van der Waals surface area contributed by atoms with Gasteiger partial charge in [0.15, 0.2) is 6.29 Å². The summed E-state index contributed by atoms with van der Waals surface area (Å²) >= 11 is 0. The summed E-state index contributed by atoms with van der Waals surface area (Å²) in [5.74, 6) is 0. The minimum atomic E-state index is -4.15. The molecule has 0 aliphatic heterocycles.